The van der Waals surface area contributed by atoms with E-state index in [1.54, 1.807) is 18.3 Å². The van der Waals surface area contributed by atoms with Crippen LogP contribution < -0.4 is 10.5 Å². The molecule has 98 valence electrons. The summed E-state index contributed by atoms with van der Waals surface area (Å²) in [6, 6.07) is 3.51. The highest BCUT2D eigenvalue weighted by molar-refractivity contribution is 5.92. The highest BCUT2D eigenvalue weighted by atomic mass is 16.5. The number of nitrogens with one attached hydrogen (secondary N) is 1. The molecular formula is C13H20N4O. The minimum atomic E-state index is -0.0186. The molecule has 0 aliphatic carbocycles. The summed E-state index contributed by atoms with van der Waals surface area (Å²) in [5.74, 6) is 0.715. The number of rotatable bonds is 5. The molecule has 1 aliphatic heterocycles. The molecule has 0 radical (unpaired) electrons. The average Bonchev–Trinajstić information content (AvgIpc) is 2.40. The molecule has 5 heteroatoms. The zero-order chi connectivity index (χ0) is 12.8. The Hall–Kier alpha value is -1.62. The summed E-state index contributed by atoms with van der Waals surface area (Å²) >= 11 is 0. The number of piperidine rings is 1. The van der Waals surface area contributed by atoms with Gasteiger partial charge in [-0.1, -0.05) is 6.42 Å². The van der Waals surface area contributed by atoms with E-state index in [1.165, 1.54) is 32.4 Å². The fourth-order valence-corrected chi connectivity index (χ4v) is 2.10. The minimum absolute atomic E-state index is 0.0186. The number of nitrogen functional groups attached to an aromatic ring is 1. The van der Waals surface area contributed by atoms with Crippen LogP contribution >= 0.6 is 0 Å². The largest absolute Gasteiger partial charge is 0.491 e. The van der Waals surface area contributed by atoms with Gasteiger partial charge in [0.15, 0.2) is 0 Å². The molecule has 18 heavy (non-hydrogen) atoms. The van der Waals surface area contributed by atoms with Gasteiger partial charge >= 0.3 is 0 Å². The predicted octanol–water partition coefficient (Wildman–Crippen LogP) is 1.23. The van der Waals surface area contributed by atoms with Crippen LogP contribution in [0.4, 0.5) is 0 Å². The van der Waals surface area contributed by atoms with Crippen molar-refractivity contribution in [2.24, 2.45) is 5.73 Å². The van der Waals surface area contributed by atoms with Crippen LogP contribution in [0.5, 0.6) is 5.75 Å². The van der Waals surface area contributed by atoms with Crippen LogP contribution in [0.15, 0.2) is 18.3 Å². The van der Waals surface area contributed by atoms with E-state index >= 15 is 0 Å². The van der Waals surface area contributed by atoms with Gasteiger partial charge in [0, 0.05) is 6.54 Å². The van der Waals surface area contributed by atoms with E-state index in [2.05, 4.69) is 9.88 Å². The first-order valence-electron chi connectivity index (χ1n) is 6.41. The summed E-state index contributed by atoms with van der Waals surface area (Å²) in [4.78, 5) is 6.49. The molecule has 1 aliphatic rings. The van der Waals surface area contributed by atoms with E-state index in [-0.39, 0.29) is 5.84 Å². The molecule has 0 unspecified atom stereocenters. The molecule has 3 N–H and O–H groups in total. The Labute approximate surface area is 107 Å². The Morgan fingerprint density at radius 3 is 2.72 bits per heavy atom. The quantitative estimate of drug-likeness (QED) is 0.607. The van der Waals surface area contributed by atoms with Crippen molar-refractivity contribution in [3.05, 3.63) is 24.0 Å². The molecule has 1 aromatic rings. The topological polar surface area (TPSA) is 75.2 Å². The Kier molecular flexibility index (Phi) is 4.52. The van der Waals surface area contributed by atoms with Crippen LogP contribution in [-0.4, -0.2) is 42.0 Å². The molecule has 0 amide bonds. The molecule has 1 aromatic heterocycles. The number of ether oxygens (including phenoxy) is 1. The van der Waals surface area contributed by atoms with Gasteiger partial charge in [0.05, 0.1) is 6.20 Å². The lowest BCUT2D eigenvalue weighted by atomic mass is 10.1. The molecule has 5 nitrogen and oxygen atoms in total. The van der Waals surface area contributed by atoms with Crippen LogP contribution in [0.3, 0.4) is 0 Å². The summed E-state index contributed by atoms with van der Waals surface area (Å²) in [5.41, 5.74) is 5.82. The second kappa shape index (κ2) is 6.35. The Bertz CT molecular complexity index is 384. The van der Waals surface area contributed by atoms with Crippen LogP contribution in [0.2, 0.25) is 0 Å². The number of amidine groups is 1. The van der Waals surface area contributed by atoms with Gasteiger partial charge in [0.2, 0.25) is 0 Å². The lowest BCUT2D eigenvalue weighted by Crippen LogP contribution is -2.33. The second-order valence-corrected chi connectivity index (χ2v) is 4.54. The Morgan fingerprint density at radius 2 is 2.11 bits per heavy atom. The molecule has 0 spiro atoms. The summed E-state index contributed by atoms with van der Waals surface area (Å²) in [5, 5.41) is 7.25. The van der Waals surface area contributed by atoms with Crippen molar-refractivity contribution < 1.29 is 4.74 Å². The van der Waals surface area contributed by atoms with Crippen molar-refractivity contribution in [1.82, 2.24) is 9.88 Å². The third kappa shape index (κ3) is 3.70. The van der Waals surface area contributed by atoms with Crippen molar-refractivity contribution in [1.29, 1.82) is 5.41 Å². The molecule has 0 atom stereocenters. The van der Waals surface area contributed by atoms with Gasteiger partial charge in [-0.3, -0.25) is 10.3 Å². The number of aromatic nitrogens is 1. The first-order chi connectivity index (χ1) is 8.75. The first-order valence-corrected chi connectivity index (χ1v) is 6.41. The van der Waals surface area contributed by atoms with Crippen LogP contribution in [0.25, 0.3) is 0 Å². The van der Waals surface area contributed by atoms with E-state index in [0.29, 0.717) is 12.3 Å². The molecule has 0 aromatic carbocycles. The average molecular weight is 248 g/mol. The fourth-order valence-electron chi connectivity index (χ4n) is 2.10. The number of pyridine rings is 1. The molecule has 1 fully saturated rings. The number of likely N-dealkylation sites (tertiary alicyclic amines) is 1. The third-order valence-electron chi connectivity index (χ3n) is 3.14. The first kappa shape index (κ1) is 12.8. The van der Waals surface area contributed by atoms with E-state index < -0.39 is 0 Å². The van der Waals surface area contributed by atoms with Gasteiger partial charge < -0.3 is 10.5 Å². The van der Waals surface area contributed by atoms with Crippen molar-refractivity contribution in [3.8, 4) is 5.75 Å². The van der Waals surface area contributed by atoms with E-state index in [1.807, 2.05) is 0 Å². The normalized spacial score (nSPS) is 16.4. The van der Waals surface area contributed by atoms with Crippen molar-refractivity contribution in [2.45, 2.75) is 19.3 Å². The van der Waals surface area contributed by atoms with Crippen LogP contribution in [-0.2, 0) is 0 Å². The summed E-state index contributed by atoms with van der Waals surface area (Å²) in [6.45, 7) is 4.02. The Morgan fingerprint density at radius 1 is 1.33 bits per heavy atom. The third-order valence-corrected chi connectivity index (χ3v) is 3.14. The Balaban J connectivity index is 1.74. The molecule has 0 saturated carbocycles. The maximum absolute atomic E-state index is 7.25. The smallest absolute Gasteiger partial charge is 0.141 e. The van der Waals surface area contributed by atoms with E-state index in [0.717, 1.165) is 12.3 Å². The number of hydrogen-bond donors (Lipinski definition) is 2. The van der Waals surface area contributed by atoms with Gasteiger partial charge in [-0.25, -0.2) is 4.98 Å². The van der Waals surface area contributed by atoms with Crippen LogP contribution in [0.1, 0.15) is 25.0 Å². The van der Waals surface area contributed by atoms with E-state index in [9.17, 15) is 0 Å². The molecule has 1 saturated heterocycles. The summed E-state index contributed by atoms with van der Waals surface area (Å²) < 4.78 is 5.63. The number of nitrogens with two attached hydrogens (primary N) is 1. The highest BCUT2D eigenvalue weighted by Gasteiger charge is 2.09. The van der Waals surface area contributed by atoms with Crippen molar-refractivity contribution in [2.75, 3.05) is 26.2 Å². The highest BCUT2D eigenvalue weighted by Crippen LogP contribution is 2.10. The number of nitrogens with zero attached hydrogens (tertiary/aromatic N) is 2. The van der Waals surface area contributed by atoms with E-state index in [4.69, 9.17) is 15.9 Å². The number of hydrogen-bond acceptors (Lipinski definition) is 4. The van der Waals surface area contributed by atoms with Gasteiger partial charge in [0.25, 0.3) is 0 Å². The zero-order valence-electron chi connectivity index (χ0n) is 10.6. The summed E-state index contributed by atoms with van der Waals surface area (Å²) in [7, 11) is 0. The SMILES string of the molecule is N=C(N)c1ccc(OCCN2CCCCC2)cn1. The fraction of sp³-hybridized carbons (Fsp3) is 0.538. The maximum Gasteiger partial charge on any atom is 0.141 e. The molecular weight excluding hydrogens is 228 g/mol. The monoisotopic (exact) mass is 248 g/mol. The standard InChI is InChI=1S/C13H20N4O/c14-13(15)12-5-4-11(10-16-12)18-9-8-17-6-2-1-3-7-17/h4-5,10H,1-3,6-9H2,(H3,14,15). The van der Waals surface area contributed by atoms with Gasteiger partial charge in [0.1, 0.15) is 23.9 Å². The van der Waals surface area contributed by atoms with Crippen LogP contribution in [0, 0.1) is 5.41 Å². The minimum Gasteiger partial charge on any atom is -0.491 e. The second-order valence-electron chi connectivity index (χ2n) is 4.54. The molecule has 2 rings (SSSR count). The molecule has 0 bridgehead atoms. The lowest BCUT2D eigenvalue weighted by Gasteiger charge is -2.26. The zero-order valence-corrected chi connectivity index (χ0v) is 10.6. The lowest BCUT2D eigenvalue weighted by molar-refractivity contribution is 0.183. The van der Waals surface area contributed by atoms with Gasteiger partial charge in [-0.15, -0.1) is 0 Å². The van der Waals surface area contributed by atoms with Crippen molar-refractivity contribution >= 4 is 5.84 Å². The molecule has 2 heterocycles. The van der Waals surface area contributed by atoms with Gasteiger partial charge in [-0.2, -0.15) is 0 Å². The van der Waals surface area contributed by atoms with Crippen molar-refractivity contribution in [3.63, 3.8) is 0 Å². The summed E-state index contributed by atoms with van der Waals surface area (Å²) in [6.07, 6.45) is 5.57. The van der Waals surface area contributed by atoms with Gasteiger partial charge in [-0.05, 0) is 38.1 Å². The predicted molar refractivity (Wildman–Crippen MR) is 71.0 cm³/mol. The maximum atomic E-state index is 7.25.